The van der Waals surface area contributed by atoms with Crippen LogP contribution in [0.2, 0.25) is 0 Å². The molecule has 0 aliphatic carbocycles. The lowest BCUT2D eigenvalue weighted by atomic mass is 10.2. The van der Waals surface area contributed by atoms with Gasteiger partial charge in [-0.05, 0) is 30.2 Å². The number of aryl methyl sites for hydroxylation is 1. The van der Waals surface area contributed by atoms with Gasteiger partial charge in [0.25, 0.3) is 0 Å². The van der Waals surface area contributed by atoms with Crippen LogP contribution in [0.15, 0.2) is 57.9 Å². The molecule has 2 rings (SSSR count). The molecule has 0 heterocycles. The molecular formula is C15H16BrNO2S. The molecule has 3 nitrogen and oxygen atoms in total. The molecule has 0 unspecified atom stereocenters. The summed E-state index contributed by atoms with van der Waals surface area (Å²) in [6.45, 7) is 2.14. The summed E-state index contributed by atoms with van der Waals surface area (Å²) in [5.74, 6) is 0. The van der Waals surface area contributed by atoms with Crippen molar-refractivity contribution < 1.29 is 8.42 Å². The molecule has 0 aliphatic rings. The number of sulfonamides is 1. The van der Waals surface area contributed by atoms with E-state index in [1.54, 1.807) is 32.2 Å². The first-order chi connectivity index (χ1) is 9.43. The van der Waals surface area contributed by atoms with E-state index in [-0.39, 0.29) is 0 Å². The van der Waals surface area contributed by atoms with Crippen molar-refractivity contribution in [2.24, 2.45) is 0 Å². The van der Waals surface area contributed by atoms with E-state index in [1.807, 2.05) is 30.3 Å². The molecule has 0 fully saturated rings. The number of rotatable bonds is 4. The normalized spacial score (nSPS) is 11.8. The van der Waals surface area contributed by atoms with Crippen LogP contribution >= 0.6 is 15.9 Å². The largest absolute Gasteiger partial charge is 0.243 e. The minimum absolute atomic E-state index is 0.331. The molecule has 0 N–H and O–H groups in total. The van der Waals surface area contributed by atoms with Crippen molar-refractivity contribution in [1.29, 1.82) is 0 Å². The predicted molar refractivity (Wildman–Crippen MR) is 84.0 cm³/mol. The molecule has 0 radical (unpaired) electrons. The smallest absolute Gasteiger partial charge is 0.207 e. The van der Waals surface area contributed by atoms with E-state index < -0.39 is 10.0 Å². The van der Waals surface area contributed by atoms with E-state index in [0.29, 0.717) is 11.4 Å². The van der Waals surface area contributed by atoms with Crippen molar-refractivity contribution in [3.8, 4) is 0 Å². The number of nitrogens with zero attached hydrogens (tertiary/aromatic N) is 1. The van der Waals surface area contributed by atoms with Gasteiger partial charge in [0.1, 0.15) is 0 Å². The third-order valence-corrected chi connectivity index (χ3v) is 5.87. The first-order valence-electron chi connectivity index (χ1n) is 6.18. The fourth-order valence-corrected chi connectivity index (χ4v) is 3.75. The summed E-state index contributed by atoms with van der Waals surface area (Å²) in [6, 6.07) is 14.6. The first-order valence-corrected chi connectivity index (χ1v) is 8.41. The molecule has 0 saturated heterocycles. The number of hydrogen-bond donors (Lipinski definition) is 0. The summed E-state index contributed by atoms with van der Waals surface area (Å²) >= 11 is 3.44. The summed E-state index contributed by atoms with van der Waals surface area (Å²) in [4.78, 5) is 0.356. The van der Waals surface area contributed by atoms with Crippen molar-refractivity contribution in [2.75, 3.05) is 7.05 Å². The van der Waals surface area contributed by atoms with Crippen LogP contribution in [0.1, 0.15) is 11.1 Å². The fourth-order valence-electron chi connectivity index (χ4n) is 1.97. The van der Waals surface area contributed by atoms with Gasteiger partial charge in [-0.25, -0.2) is 8.42 Å². The molecule has 0 aliphatic heterocycles. The molecule has 5 heteroatoms. The quantitative estimate of drug-likeness (QED) is 0.842. The van der Waals surface area contributed by atoms with Gasteiger partial charge in [0.15, 0.2) is 0 Å². The maximum atomic E-state index is 12.6. The molecule has 0 atom stereocenters. The Bertz CT molecular complexity index is 713. The van der Waals surface area contributed by atoms with Gasteiger partial charge in [0.05, 0.1) is 4.90 Å². The molecular weight excluding hydrogens is 338 g/mol. The Labute approximate surface area is 128 Å². The van der Waals surface area contributed by atoms with Crippen molar-refractivity contribution >= 4 is 26.0 Å². The van der Waals surface area contributed by atoms with Crippen molar-refractivity contribution in [3.63, 3.8) is 0 Å². The van der Waals surface area contributed by atoms with Crippen LogP contribution in [0.4, 0.5) is 0 Å². The Balaban J connectivity index is 2.31. The van der Waals surface area contributed by atoms with Gasteiger partial charge in [-0.1, -0.05) is 52.3 Å². The topological polar surface area (TPSA) is 37.4 Å². The highest BCUT2D eigenvalue weighted by molar-refractivity contribution is 9.10. The van der Waals surface area contributed by atoms with Crippen molar-refractivity contribution in [3.05, 3.63) is 64.1 Å². The highest BCUT2D eigenvalue weighted by atomic mass is 79.9. The second-order valence-corrected chi connectivity index (χ2v) is 7.49. The molecule has 0 spiro atoms. The molecule has 0 bridgehead atoms. The van der Waals surface area contributed by atoms with Crippen LogP contribution < -0.4 is 0 Å². The Morgan fingerprint density at radius 2 is 1.65 bits per heavy atom. The lowest BCUT2D eigenvalue weighted by molar-refractivity contribution is 0.465. The summed E-state index contributed by atoms with van der Waals surface area (Å²) in [6.07, 6.45) is 0. The Hall–Kier alpha value is -1.17. The third-order valence-electron chi connectivity index (χ3n) is 3.13. The summed E-state index contributed by atoms with van der Waals surface area (Å²) in [5, 5.41) is 0. The second-order valence-electron chi connectivity index (χ2n) is 4.62. The number of halogens is 1. The van der Waals surface area contributed by atoms with Crippen LogP contribution in [0, 0.1) is 6.92 Å². The molecule has 20 heavy (non-hydrogen) atoms. The van der Waals surface area contributed by atoms with Gasteiger partial charge in [-0.15, -0.1) is 0 Å². The standard InChI is InChI=1S/C15H16BrNO2S/c1-12-7-3-6-10-15(12)20(18,19)17(2)11-13-8-4-5-9-14(13)16/h3-10H,11H2,1-2H3. The van der Waals surface area contributed by atoms with Crippen molar-refractivity contribution in [1.82, 2.24) is 4.31 Å². The SMILES string of the molecule is Cc1ccccc1S(=O)(=O)N(C)Cc1ccccc1Br. The van der Waals surface area contributed by atoms with E-state index in [9.17, 15) is 8.42 Å². The summed E-state index contributed by atoms with van der Waals surface area (Å²) in [7, 11) is -1.87. The number of hydrogen-bond acceptors (Lipinski definition) is 2. The Kier molecular flexibility index (Phi) is 4.62. The maximum Gasteiger partial charge on any atom is 0.243 e. The molecule has 0 aromatic heterocycles. The zero-order chi connectivity index (χ0) is 14.8. The van der Waals surface area contributed by atoms with E-state index in [1.165, 1.54) is 4.31 Å². The molecule has 2 aromatic carbocycles. The maximum absolute atomic E-state index is 12.6. The van der Waals surface area contributed by atoms with Crippen LogP contribution in [0.25, 0.3) is 0 Å². The minimum atomic E-state index is -3.47. The molecule has 106 valence electrons. The van der Waals surface area contributed by atoms with Crippen LogP contribution in [-0.2, 0) is 16.6 Å². The highest BCUT2D eigenvalue weighted by Crippen LogP contribution is 2.23. The van der Waals surface area contributed by atoms with Gasteiger partial charge in [0.2, 0.25) is 10.0 Å². The molecule has 2 aromatic rings. The van der Waals surface area contributed by atoms with Crippen molar-refractivity contribution in [2.45, 2.75) is 18.4 Å². The van der Waals surface area contributed by atoms with Gasteiger partial charge < -0.3 is 0 Å². The van der Waals surface area contributed by atoms with E-state index in [0.717, 1.165) is 15.6 Å². The average molecular weight is 354 g/mol. The van der Waals surface area contributed by atoms with Gasteiger partial charge in [-0.2, -0.15) is 4.31 Å². The zero-order valence-electron chi connectivity index (χ0n) is 11.4. The van der Waals surface area contributed by atoms with Crippen LogP contribution in [0.5, 0.6) is 0 Å². The van der Waals surface area contributed by atoms with Gasteiger partial charge in [0, 0.05) is 18.1 Å². The van der Waals surface area contributed by atoms with Crippen LogP contribution in [-0.4, -0.2) is 19.8 Å². The Morgan fingerprint density at radius 1 is 1.05 bits per heavy atom. The summed E-state index contributed by atoms with van der Waals surface area (Å²) < 4.78 is 27.4. The molecule has 0 saturated carbocycles. The third kappa shape index (κ3) is 3.11. The lowest BCUT2D eigenvalue weighted by Gasteiger charge is -2.19. The zero-order valence-corrected chi connectivity index (χ0v) is 13.8. The lowest BCUT2D eigenvalue weighted by Crippen LogP contribution is -2.27. The highest BCUT2D eigenvalue weighted by Gasteiger charge is 2.22. The summed E-state index contributed by atoms with van der Waals surface area (Å²) in [5.41, 5.74) is 1.69. The first kappa shape index (κ1) is 15.2. The van der Waals surface area contributed by atoms with Gasteiger partial charge in [-0.3, -0.25) is 0 Å². The van der Waals surface area contributed by atoms with E-state index in [4.69, 9.17) is 0 Å². The minimum Gasteiger partial charge on any atom is -0.207 e. The average Bonchev–Trinajstić information content (AvgIpc) is 2.41. The van der Waals surface area contributed by atoms with Crippen LogP contribution in [0.3, 0.4) is 0 Å². The fraction of sp³-hybridized carbons (Fsp3) is 0.200. The second kappa shape index (κ2) is 6.08. The van der Waals surface area contributed by atoms with E-state index >= 15 is 0 Å². The Morgan fingerprint density at radius 3 is 2.30 bits per heavy atom. The predicted octanol–water partition coefficient (Wildman–Crippen LogP) is 3.58. The van der Waals surface area contributed by atoms with E-state index in [2.05, 4.69) is 15.9 Å². The number of benzene rings is 2. The monoisotopic (exact) mass is 353 g/mol. The van der Waals surface area contributed by atoms with Gasteiger partial charge >= 0.3 is 0 Å². The molecule has 0 amide bonds.